The molecule has 3 rings (SSSR count). The number of aliphatic hydroxyl groups is 1. The van der Waals surface area contributed by atoms with Gasteiger partial charge in [0.1, 0.15) is 17.3 Å². The number of halogens is 1. The van der Waals surface area contributed by atoms with E-state index in [1.165, 1.54) is 12.0 Å². The third-order valence-corrected chi connectivity index (χ3v) is 5.46. The molecule has 1 aliphatic heterocycles. The first-order chi connectivity index (χ1) is 15.8. The lowest BCUT2D eigenvalue weighted by molar-refractivity contribution is -0.140. The van der Waals surface area contributed by atoms with Crippen molar-refractivity contribution in [3.05, 3.63) is 64.2 Å². The van der Waals surface area contributed by atoms with Gasteiger partial charge in [0, 0.05) is 19.2 Å². The number of ether oxygens (including phenoxy) is 3. The predicted molar refractivity (Wildman–Crippen MR) is 126 cm³/mol. The maximum Gasteiger partial charge on any atom is 0.295 e. The quantitative estimate of drug-likeness (QED) is 0.325. The zero-order valence-electron chi connectivity index (χ0n) is 19.1. The lowest BCUT2D eigenvalue weighted by Crippen LogP contribution is -2.32. The lowest BCUT2D eigenvalue weighted by Gasteiger charge is -2.25. The van der Waals surface area contributed by atoms with Crippen molar-refractivity contribution >= 4 is 29.1 Å². The minimum absolute atomic E-state index is 0.0478. The van der Waals surface area contributed by atoms with Gasteiger partial charge >= 0.3 is 0 Å². The van der Waals surface area contributed by atoms with E-state index in [0.717, 1.165) is 0 Å². The fourth-order valence-electron chi connectivity index (χ4n) is 3.76. The number of amides is 1. The first-order valence-corrected chi connectivity index (χ1v) is 11.1. The van der Waals surface area contributed by atoms with Gasteiger partial charge in [-0.05, 0) is 56.7 Å². The van der Waals surface area contributed by atoms with Crippen molar-refractivity contribution in [2.24, 2.45) is 0 Å². The van der Waals surface area contributed by atoms with Crippen LogP contribution in [0.25, 0.3) is 5.76 Å². The van der Waals surface area contributed by atoms with Crippen LogP contribution >= 0.6 is 11.6 Å². The normalized spacial score (nSPS) is 17.6. The summed E-state index contributed by atoms with van der Waals surface area (Å²) in [5.74, 6) is -0.787. The Hall–Kier alpha value is -3.03. The summed E-state index contributed by atoms with van der Waals surface area (Å²) in [7, 11) is 1.52. The van der Waals surface area contributed by atoms with Crippen LogP contribution in [0.3, 0.4) is 0 Å². The summed E-state index contributed by atoms with van der Waals surface area (Å²) >= 11 is 6.35. The molecule has 7 nitrogen and oxygen atoms in total. The molecule has 0 spiro atoms. The molecule has 1 amide bonds. The molecule has 2 aromatic rings. The molecule has 1 unspecified atom stereocenters. The van der Waals surface area contributed by atoms with E-state index in [4.69, 9.17) is 25.8 Å². The average molecular weight is 474 g/mol. The number of hydrogen-bond donors (Lipinski definition) is 1. The molecule has 0 radical (unpaired) electrons. The molecule has 1 atom stereocenters. The number of ketones is 1. The van der Waals surface area contributed by atoms with E-state index in [-0.39, 0.29) is 41.2 Å². The topological polar surface area (TPSA) is 85.3 Å². The largest absolute Gasteiger partial charge is 0.507 e. The molecule has 0 saturated carbocycles. The van der Waals surface area contributed by atoms with E-state index in [1.54, 1.807) is 42.5 Å². The van der Waals surface area contributed by atoms with Gasteiger partial charge in [-0.15, -0.1) is 0 Å². The van der Waals surface area contributed by atoms with Crippen LogP contribution in [0.1, 0.15) is 37.9 Å². The fourth-order valence-corrected chi connectivity index (χ4v) is 3.97. The highest BCUT2D eigenvalue weighted by atomic mass is 35.5. The van der Waals surface area contributed by atoms with E-state index < -0.39 is 17.7 Å². The highest BCUT2D eigenvalue weighted by Crippen LogP contribution is 2.41. The molecule has 0 aromatic heterocycles. The fraction of sp³-hybridized carbons (Fsp3) is 0.360. The number of hydrogen-bond acceptors (Lipinski definition) is 6. The number of nitrogens with zero attached hydrogens (tertiary/aromatic N) is 1. The van der Waals surface area contributed by atoms with Crippen LogP contribution < -0.4 is 9.47 Å². The van der Waals surface area contributed by atoms with Crippen LogP contribution in [0.15, 0.2) is 48.0 Å². The Morgan fingerprint density at radius 2 is 1.91 bits per heavy atom. The molecule has 1 saturated heterocycles. The molecule has 1 fully saturated rings. The van der Waals surface area contributed by atoms with Crippen molar-refractivity contribution in [1.82, 2.24) is 4.90 Å². The Labute approximate surface area is 198 Å². The van der Waals surface area contributed by atoms with Gasteiger partial charge in [0.25, 0.3) is 11.7 Å². The van der Waals surface area contributed by atoms with Crippen molar-refractivity contribution < 1.29 is 28.9 Å². The predicted octanol–water partition coefficient (Wildman–Crippen LogP) is 4.59. The molecule has 1 aliphatic rings. The van der Waals surface area contributed by atoms with Gasteiger partial charge in [-0.3, -0.25) is 9.59 Å². The van der Waals surface area contributed by atoms with Gasteiger partial charge in [0.05, 0.1) is 36.0 Å². The number of aliphatic hydroxyl groups excluding tert-OH is 1. The number of methoxy groups -OCH3 is 1. The summed E-state index contributed by atoms with van der Waals surface area (Å²) in [6, 6.07) is 11.1. The molecule has 1 heterocycles. The Morgan fingerprint density at radius 1 is 1.15 bits per heavy atom. The molecule has 1 N–H and O–H groups in total. The molecule has 8 heteroatoms. The van der Waals surface area contributed by atoms with Crippen molar-refractivity contribution in [3.8, 4) is 11.5 Å². The zero-order chi connectivity index (χ0) is 24.1. The SMILES string of the molecule is CCOc1ccc(Cl)c(/C(O)=C2\C(=O)C(=O)N(CCOC)C2c2cccc(OC(C)C)c2)c1. The van der Waals surface area contributed by atoms with Gasteiger partial charge in [0.15, 0.2) is 0 Å². The van der Waals surface area contributed by atoms with Crippen LogP contribution in [-0.4, -0.2) is 54.7 Å². The number of benzene rings is 2. The zero-order valence-corrected chi connectivity index (χ0v) is 19.9. The number of Topliss-reactive ketones (excluding diaryl/α,β-unsaturated/α-hetero) is 1. The Balaban J connectivity index is 2.18. The second-order valence-electron chi connectivity index (χ2n) is 7.80. The number of rotatable bonds is 9. The molecular formula is C25H28ClNO6. The monoisotopic (exact) mass is 473 g/mol. The number of carbonyl (C=O) groups excluding carboxylic acids is 2. The number of likely N-dealkylation sites (tertiary alicyclic amines) is 1. The van der Waals surface area contributed by atoms with Gasteiger partial charge in [0.2, 0.25) is 0 Å². The van der Waals surface area contributed by atoms with Crippen molar-refractivity contribution in [2.45, 2.75) is 32.9 Å². The Morgan fingerprint density at radius 3 is 2.58 bits per heavy atom. The van der Waals surface area contributed by atoms with Crippen LogP contribution in [0.2, 0.25) is 5.02 Å². The second kappa shape index (κ2) is 10.7. The van der Waals surface area contributed by atoms with Crippen LogP contribution in [0.4, 0.5) is 0 Å². The Kier molecular flexibility index (Phi) is 8.00. The highest BCUT2D eigenvalue weighted by Gasteiger charge is 2.46. The first kappa shape index (κ1) is 24.6. The molecular weight excluding hydrogens is 446 g/mol. The smallest absolute Gasteiger partial charge is 0.295 e. The maximum absolute atomic E-state index is 13.1. The van der Waals surface area contributed by atoms with E-state index in [9.17, 15) is 14.7 Å². The van der Waals surface area contributed by atoms with Gasteiger partial charge in [-0.1, -0.05) is 23.7 Å². The maximum atomic E-state index is 13.1. The minimum Gasteiger partial charge on any atom is -0.507 e. The molecule has 0 bridgehead atoms. The van der Waals surface area contributed by atoms with Crippen LogP contribution in [0, 0.1) is 0 Å². The van der Waals surface area contributed by atoms with Gasteiger partial charge in [-0.2, -0.15) is 0 Å². The summed E-state index contributed by atoms with van der Waals surface area (Å²) in [6.45, 7) is 6.47. The van der Waals surface area contributed by atoms with E-state index in [0.29, 0.717) is 23.7 Å². The molecule has 2 aromatic carbocycles. The molecule has 33 heavy (non-hydrogen) atoms. The standard InChI is InChI=1S/C25H28ClNO6/c1-5-32-17-9-10-20(26)19(14-17)23(28)21-22(27(11-12-31-4)25(30)24(21)29)16-7-6-8-18(13-16)33-15(2)3/h6-10,13-15,22,28H,5,11-12H2,1-4H3/b23-21+. The van der Waals surface area contributed by atoms with E-state index in [1.807, 2.05) is 20.8 Å². The van der Waals surface area contributed by atoms with Crippen molar-refractivity contribution in [3.63, 3.8) is 0 Å². The van der Waals surface area contributed by atoms with Gasteiger partial charge < -0.3 is 24.2 Å². The average Bonchev–Trinajstić information content (AvgIpc) is 3.03. The van der Waals surface area contributed by atoms with E-state index in [2.05, 4.69) is 0 Å². The highest BCUT2D eigenvalue weighted by molar-refractivity contribution is 6.47. The summed E-state index contributed by atoms with van der Waals surface area (Å²) in [5, 5.41) is 11.5. The minimum atomic E-state index is -0.831. The lowest BCUT2D eigenvalue weighted by atomic mass is 9.95. The van der Waals surface area contributed by atoms with Crippen molar-refractivity contribution in [2.75, 3.05) is 26.9 Å². The number of carbonyl (C=O) groups is 2. The third kappa shape index (κ3) is 5.31. The second-order valence-corrected chi connectivity index (χ2v) is 8.21. The van der Waals surface area contributed by atoms with Crippen LogP contribution in [0.5, 0.6) is 11.5 Å². The van der Waals surface area contributed by atoms with Gasteiger partial charge in [-0.25, -0.2) is 0 Å². The molecule has 176 valence electrons. The summed E-state index contributed by atoms with van der Waals surface area (Å²) in [5.41, 5.74) is 0.794. The first-order valence-electron chi connectivity index (χ1n) is 10.7. The summed E-state index contributed by atoms with van der Waals surface area (Å²) in [6.07, 6.45) is -0.0554. The summed E-state index contributed by atoms with van der Waals surface area (Å²) in [4.78, 5) is 27.4. The summed E-state index contributed by atoms with van der Waals surface area (Å²) < 4.78 is 16.5. The Bertz CT molecular complexity index is 1060. The van der Waals surface area contributed by atoms with E-state index >= 15 is 0 Å². The van der Waals surface area contributed by atoms with Crippen LogP contribution in [-0.2, 0) is 14.3 Å². The van der Waals surface area contributed by atoms with Crippen molar-refractivity contribution in [1.29, 1.82) is 0 Å². The molecule has 0 aliphatic carbocycles. The third-order valence-electron chi connectivity index (χ3n) is 5.13.